The molecule has 13 heteroatoms. The molecule has 0 aliphatic carbocycles. The quantitative estimate of drug-likeness (QED) is 0.319. The van der Waals surface area contributed by atoms with Gasteiger partial charge in [-0.05, 0) is 0 Å². The number of nitrogens with zero attached hydrogens (tertiary/aromatic N) is 2. The Morgan fingerprint density at radius 2 is 1.17 bits per heavy atom. The molecule has 0 unspecified atom stereocenters. The average Bonchev–Trinajstić information content (AvgIpc) is 1.82. The van der Waals surface area contributed by atoms with Gasteiger partial charge in [-0.15, -0.1) is 0 Å². The molecule has 1 aliphatic rings. The van der Waals surface area contributed by atoms with Gasteiger partial charge in [-0.25, -0.2) is 0 Å². The van der Waals surface area contributed by atoms with Crippen molar-refractivity contribution in [3.63, 3.8) is 0 Å². The number of carbonyl (C=O) groups excluding carboxylic acids is 3. The SMILES string of the molecule is CN1C(=O)CC(=O)[N-]C1=O.[Y].[Y].[Y].[Y].[Y].[Y].[Y].[Y]. The molecule has 1 heterocycles. The first-order chi connectivity index (χ1) is 4.61. The van der Waals surface area contributed by atoms with Gasteiger partial charge in [0.1, 0.15) is 0 Å². The third kappa shape index (κ3) is 21.5. The van der Waals surface area contributed by atoms with Gasteiger partial charge in [0.2, 0.25) is 0 Å². The molecule has 0 N–H and O–H groups in total. The number of barbiturate groups is 1. The van der Waals surface area contributed by atoms with Gasteiger partial charge in [-0.1, -0.05) is 7.05 Å². The van der Waals surface area contributed by atoms with Crippen molar-refractivity contribution in [2.75, 3.05) is 7.05 Å². The number of carbonyl (C=O) groups is 3. The molecule has 18 heavy (non-hydrogen) atoms. The van der Waals surface area contributed by atoms with Crippen molar-refractivity contribution in [2.45, 2.75) is 6.42 Å². The Balaban J connectivity index is -0.0000000208. The Morgan fingerprint density at radius 1 is 0.833 bits per heavy atom. The maximum Gasteiger partial charge on any atom is 0.166 e. The summed E-state index contributed by atoms with van der Waals surface area (Å²) in [5.74, 6) is -1.15. The number of hydrogen-bond acceptors (Lipinski definition) is 3. The zero-order valence-electron chi connectivity index (χ0n) is 9.95. The Morgan fingerprint density at radius 3 is 1.44 bits per heavy atom. The van der Waals surface area contributed by atoms with Crippen LogP contribution in [-0.4, -0.2) is 29.8 Å². The molecule has 8 radical (unpaired) electrons. The molecule has 0 saturated carbocycles. The number of imide groups is 2. The van der Waals surface area contributed by atoms with Crippen LogP contribution in [0.3, 0.4) is 0 Å². The molecule has 0 spiro atoms. The standard InChI is InChI=1S/C5H6N2O3.8Y/c1-7-4(9)2-3(8)6-5(7)10;;;;;;;;/h2H2,1H3,(H,6,8,10);;;;;;;;/p-1. The summed E-state index contributed by atoms with van der Waals surface area (Å²) in [4.78, 5) is 32.4. The largest absolute Gasteiger partial charge is 0.384 e. The van der Waals surface area contributed by atoms with E-state index in [0.29, 0.717) is 0 Å². The number of rotatable bonds is 0. The van der Waals surface area contributed by atoms with Gasteiger partial charge >= 0.3 is 0 Å². The van der Waals surface area contributed by atoms with Crippen molar-refractivity contribution in [3.8, 4) is 0 Å². The summed E-state index contributed by atoms with van der Waals surface area (Å²) in [6, 6.07) is -0.777. The van der Waals surface area contributed by atoms with Crippen LogP contribution in [0.1, 0.15) is 6.42 Å². The average molecular weight is 852 g/mol. The minimum atomic E-state index is -0.777. The first-order valence-electron chi connectivity index (χ1n) is 2.66. The maximum absolute atomic E-state index is 10.6. The van der Waals surface area contributed by atoms with Crippen molar-refractivity contribution in [3.05, 3.63) is 5.32 Å². The van der Waals surface area contributed by atoms with E-state index in [1.807, 2.05) is 0 Å². The smallest absolute Gasteiger partial charge is 0.166 e. The number of hydrogen-bond donors (Lipinski definition) is 0. The van der Waals surface area contributed by atoms with Gasteiger partial charge in [0.25, 0.3) is 0 Å². The van der Waals surface area contributed by atoms with E-state index < -0.39 is 17.8 Å². The molecule has 4 amide bonds. The normalized spacial score (nSPS) is 10.7. The van der Waals surface area contributed by atoms with Crippen LogP contribution >= 0.6 is 0 Å². The fraction of sp³-hybridized carbons (Fsp3) is 0.400. The van der Waals surface area contributed by atoms with Gasteiger partial charge in [-0.3, -0.25) is 14.4 Å². The molecule has 0 aromatic heterocycles. The van der Waals surface area contributed by atoms with Crippen LogP contribution in [0.15, 0.2) is 0 Å². The van der Waals surface area contributed by atoms with Gasteiger partial charge in [0, 0.05) is 262 Å². The summed E-state index contributed by atoms with van der Waals surface area (Å²) in [5, 5.41) is 3.04. The molecule has 0 aromatic carbocycles. The minimum Gasteiger partial charge on any atom is -0.384 e. The third-order valence-corrected chi connectivity index (χ3v) is 1.18. The van der Waals surface area contributed by atoms with E-state index in [-0.39, 0.29) is 268 Å². The fourth-order valence-electron chi connectivity index (χ4n) is 0.576. The minimum absolute atomic E-state index is 0. The Bertz CT molecular complexity index is 209. The Kier molecular flexibility index (Phi) is 81.1. The fourth-order valence-corrected chi connectivity index (χ4v) is 0.576. The molecule has 0 aromatic rings. The van der Waals surface area contributed by atoms with E-state index >= 15 is 0 Å². The summed E-state index contributed by atoms with van der Waals surface area (Å²) in [5.41, 5.74) is 0. The van der Waals surface area contributed by atoms with Crippen LogP contribution in [-0.2, 0) is 271 Å². The van der Waals surface area contributed by atoms with Crippen molar-refractivity contribution >= 4 is 17.8 Å². The zero-order valence-corrected chi connectivity index (χ0v) is 32.7. The first kappa shape index (κ1) is 50.0. The summed E-state index contributed by atoms with van der Waals surface area (Å²) >= 11 is 0. The van der Waals surface area contributed by atoms with Gasteiger partial charge in [0.05, 0.1) is 6.42 Å². The van der Waals surface area contributed by atoms with Crippen molar-refractivity contribution in [1.29, 1.82) is 0 Å². The molecular weight excluding hydrogens is 847 g/mol. The van der Waals surface area contributed by atoms with E-state index in [4.69, 9.17) is 0 Å². The second-order valence-electron chi connectivity index (χ2n) is 1.92. The van der Waals surface area contributed by atoms with Gasteiger partial charge in [0.15, 0.2) is 17.8 Å². The Labute approximate surface area is 308 Å². The van der Waals surface area contributed by atoms with E-state index in [0.717, 1.165) is 4.90 Å². The zero-order chi connectivity index (χ0) is 7.72. The van der Waals surface area contributed by atoms with E-state index in [1.54, 1.807) is 0 Å². The van der Waals surface area contributed by atoms with Crippen LogP contribution in [0.2, 0.25) is 0 Å². The molecule has 0 bridgehead atoms. The molecule has 1 saturated heterocycles. The number of amides is 4. The predicted octanol–water partition coefficient (Wildman–Crippen LogP) is -0.151. The molecule has 1 aliphatic heterocycles. The second kappa shape index (κ2) is 29.2. The predicted molar refractivity (Wildman–Crippen MR) is 31.1 cm³/mol. The topological polar surface area (TPSA) is 68.6 Å². The first-order valence-corrected chi connectivity index (χ1v) is 2.66. The molecule has 5 nitrogen and oxygen atoms in total. The second-order valence-corrected chi connectivity index (χ2v) is 1.92. The monoisotopic (exact) mass is 852 g/mol. The molecule has 1 rings (SSSR count). The molecule has 0 atom stereocenters. The summed E-state index contributed by atoms with van der Waals surface area (Å²) in [6.07, 6.45) is -0.289. The summed E-state index contributed by atoms with van der Waals surface area (Å²) in [6.45, 7) is 0. The van der Waals surface area contributed by atoms with Crippen LogP contribution in [0.5, 0.6) is 0 Å². The summed E-state index contributed by atoms with van der Waals surface area (Å²) < 4.78 is 0. The van der Waals surface area contributed by atoms with Gasteiger partial charge < -0.3 is 10.2 Å². The van der Waals surface area contributed by atoms with Gasteiger partial charge in [-0.2, -0.15) is 0 Å². The van der Waals surface area contributed by atoms with Crippen molar-refractivity contribution < 1.29 is 276 Å². The van der Waals surface area contributed by atoms with Crippen molar-refractivity contribution in [2.24, 2.45) is 0 Å². The van der Waals surface area contributed by atoms with Crippen LogP contribution in [0.25, 0.3) is 5.32 Å². The van der Waals surface area contributed by atoms with Crippen LogP contribution in [0, 0.1) is 0 Å². The number of urea groups is 1. The Hall–Kier alpha value is 7.44. The van der Waals surface area contributed by atoms with Crippen LogP contribution < -0.4 is 0 Å². The van der Waals surface area contributed by atoms with Crippen LogP contribution in [0.4, 0.5) is 4.79 Å². The molecule has 1 fully saturated rings. The maximum atomic E-state index is 10.6. The molecular formula is C5H5N2O3Y8-. The summed E-state index contributed by atoms with van der Waals surface area (Å²) in [7, 11) is 1.29. The van der Waals surface area contributed by atoms with E-state index in [1.165, 1.54) is 7.05 Å². The van der Waals surface area contributed by atoms with E-state index in [9.17, 15) is 14.4 Å². The van der Waals surface area contributed by atoms with E-state index in [2.05, 4.69) is 5.32 Å². The third-order valence-electron chi connectivity index (χ3n) is 1.18. The van der Waals surface area contributed by atoms with Crippen molar-refractivity contribution in [1.82, 2.24) is 4.90 Å². The molecule has 78 valence electrons.